The molecule has 1 aromatic rings. The highest BCUT2D eigenvalue weighted by molar-refractivity contribution is 7.91. The lowest BCUT2D eigenvalue weighted by Crippen LogP contribution is -2.49. The maximum atomic E-state index is 12.6. The van der Waals surface area contributed by atoms with Gasteiger partial charge in [-0.2, -0.15) is 0 Å². The average Bonchev–Trinajstić information content (AvgIpc) is 2.52. The highest BCUT2D eigenvalue weighted by Gasteiger charge is 2.37. The fourth-order valence-electron chi connectivity index (χ4n) is 3.16. The molecule has 0 bridgehead atoms. The van der Waals surface area contributed by atoms with Crippen LogP contribution < -0.4 is 0 Å². The van der Waals surface area contributed by atoms with Gasteiger partial charge < -0.3 is 10.0 Å². The van der Waals surface area contributed by atoms with Crippen LogP contribution >= 0.6 is 0 Å². The number of hydrogen-bond donors (Lipinski definition) is 1. The van der Waals surface area contributed by atoms with Gasteiger partial charge in [0.15, 0.2) is 9.84 Å². The van der Waals surface area contributed by atoms with Gasteiger partial charge in [-0.1, -0.05) is 18.9 Å². The molecule has 23 heavy (non-hydrogen) atoms. The van der Waals surface area contributed by atoms with Crippen LogP contribution in [0.5, 0.6) is 0 Å². The van der Waals surface area contributed by atoms with Crippen LogP contribution in [0.4, 0.5) is 0 Å². The lowest BCUT2D eigenvalue weighted by atomic mass is 9.93. The molecule has 0 saturated heterocycles. The molecule has 1 aliphatic carbocycles. The van der Waals surface area contributed by atoms with Crippen molar-refractivity contribution in [3.63, 3.8) is 0 Å². The number of carbonyl (C=O) groups is 2. The first-order chi connectivity index (χ1) is 10.7. The zero-order valence-corrected chi connectivity index (χ0v) is 14.0. The molecule has 2 unspecified atom stereocenters. The molecular weight excluding hydrogens is 318 g/mol. The van der Waals surface area contributed by atoms with Gasteiger partial charge in [0.2, 0.25) is 0 Å². The van der Waals surface area contributed by atoms with Crippen molar-refractivity contribution < 1.29 is 23.1 Å². The van der Waals surface area contributed by atoms with E-state index in [9.17, 15) is 18.0 Å². The van der Waals surface area contributed by atoms with E-state index in [-0.39, 0.29) is 23.1 Å². The summed E-state index contributed by atoms with van der Waals surface area (Å²) in [6.07, 6.45) is 4.11. The number of carbonyl (C=O) groups excluding carboxylic acids is 1. The van der Waals surface area contributed by atoms with Crippen molar-refractivity contribution in [2.45, 2.75) is 37.0 Å². The highest BCUT2D eigenvalue weighted by Crippen LogP contribution is 2.28. The second kappa shape index (κ2) is 6.70. The van der Waals surface area contributed by atoms with Crippen molar-refractivity contribution in [2.75, 3.05) is 13.3 Å². The van der Waals surface area contributed by atoms with E-state index < -0.39 is 21.1 Å². The van der Waals surface area contributed by atoms with E-state index in [2.05, 4.69) is 0 Å². The summed E-state index contributed by atoms with van der Waals surface area (Å²) in [5.41, 5.74) is 0.290. The Morgan fingerprint density at radius 3 is 2.39 bits per heavy atom. The molecule has 0 aliphatic heterocycles. The van der Waals surface area contributed by atoms with Crippen LogP contribution in [0.15, 0.2) is 24.3 Å². The zero-order chi connectivity index (χ0) is 17.2. The summed E-state index contributed by atoms with van der Waals surface area (Å²) in [6.45, 7) is 0. The Bertz CT molecular complexity index is 713. The lowest BCUT2D eigenvalue weighted by Gasteiger charge is -2.37. The molecule has 0 radical (unpaired) electrons. The van der Waals surface area contributed by atoms with Crippen molar-refractivity contribution in [3.05, 3.63) is 35.4 Å². The van der Waals surface area contributed by atoms with E-state index in [1.165, 1.54) is 29.4 Å². The topological polar surface area (TPSA) is 91.8 Å². The molecule has 1 aromatic carbocycles. The lowest BCUT2D eigenvalue weighted by molar-refractivity contribution is 0.0697. The number of nitrogens with zero attached hydrogens (tertiary/aromatic N) is 1. The molecule has 0 heterocycles. The average molecular weight is 339 g/mol. The number of carboxylic acid groups (broad SMARTS) is 1. The number of carboxylic acids is 1. The number of hydrogen-bond acceptors (Lipinski definition) is 4. The highest BCUT2D eigenvalue weighted by atomic mass is 32.2. The number of aromatic carboxylic acids is 1. The second-order valence-corrected chi connectivity index (χ2v) is 8.29. The Kier molecular flexibility index (Phi) is 5.09. The summed E-state index contributed by atoms with van der Waals surface area (Å²) in [5, 5.41) is 8.46. The van der Waals surface area contributed by atoms with Crippen LogP contribution in [0, 0.1) is 0 Å². The minimum absolute atomic E-state index is 0.0348. The van der Waals surface area contributed by atoms with Gasteiger partial charge >= 0.3 is 5.97 Å². The van der Waals surface area contributed by atoms with Crippen molar-refractivity contribution in [3.8, 4) is 0 Å². The Labute approximate surface area is 136 Å². The van der Waals surface area contributed by atoms with Crippen LogP contribution in [0.3, 0.4) is 0 Å². The van der Waals surface area contributed by atoms with E-state index in [0.29, 0.717) is 12.8 Å². The summed E-state index contributed by atoms with van der Waals surface area (Å²) < 4.78 is 24.0. The first-order valence-corrected chi connectivity index (χ1v) is 9.46. The van der Waals surface area contributed by atoms with Gasteiger partial charge in [-0.3, -0.25) is 4.79 Å². The summed E-state index contributed by atoms with van der Waals surface area (Å²) in [5.74, 6) is -1.46. The molecule has 126 valence electrons. The Hall–Kier alpha value is -1.89. The van der Waals surface area contributed by atoms with Crippen molar-refractivity contribution in [2.24, 2.45) is 0 Å². The molecule has 0 spiro atoms. The van der Waals surface area contributed by atoms with Gasteiger partial charge in [0.1, 0.15) is 0 Å². The smallest absolute Gasteiger partial charge is 0.335 e. The molecule has 2 atom stereocenters. The van der Waals surface area contributed by atoms with Crippen LogP contribution in [0.2, 0.25) is 0 Å². The monoisotopic (exact) mass is 339 g/mol. The minimum atomic E-state index is -3.25. The molecular formula is C16H21NO5S. The Morgan fingerprint density at radius 1 is 1.17 bits per heavy atom. The van der Waals surface area contributed by atoms with Gasteiger partial charge in [-0.05, 0) is 31.0 Å². The van der Waals surface area contributed by atoms with Crippen LogP contribution in [0.25, 0.3) is 0 Å². The third kappa shape index (κ3) is 3.90. The summed E-state index contributed by atoms with van der Waals surface area (Å²) in [7, 11) is -1.66. The number of rotatable bonds is 4. The quantitative estimate of drug-likeness (QED) is 0.903. The first-order valence-electron chi connectivity index (χ1n) is 7.51. The van der Waals surface area contributed by atoms with Gasteiger partial charge in [-0.15, -0.1) is 0 Å². The fourth-order valence-corrected chi connectivity index (χ4v) is 4.64. The first kappa shape index (κ1) is 17.5. The Balaban J connectivity index is 2.27. The van der Waals surface area contributed by atoms with Gasteiger partial charge in [0.05, 0.1) is 10.8 Å². The summed E-state index contributed by atoms with van der Waals surface area (Å²) in [6, 6.07) is 5.42. The van der Waals surface area contributed by atoms with E-state index in [1.807, 2.05) is 0 Å². The molecule has 0 aromatic heterocycles. The normalized spacial score (nSPS) is 21.7. The molecule has 1 fully saturated rings. The molecule has 7 heteroatoms. The van der Waals surface area contributed by atoms with E-state index in [0.717, 1.165) is 12.8 Å². The second-order valence-electron chi connectivity index (χ2n) is 6.02. The minimum Gasteiger partial charge on any atom is -0.478 e. The fraction of sp³-hybridized carbons (Fsp3) is 0.500. The van der Waals surface area contributed by atoms with Gasteiger partial charge in [0, 0.05) is 24.9 Å². The predicted molar refractivity (Wildman–Crippen MR) is 86.4 cm³/mol. The molecule has 2 rings (SSSR count). The van der Waals surface area contributed by atoms with Crippen molar-refractivity contribution >= 4 is 21.7 Å². The zero-order valence-electron chi connectivity index (χ0n) is 13.2. The maximum absolute atomic E-state index is 12.6. The molecule has 6 nitrogen and oxygen atoms in total. The summed E-state index contributed by atoms with van der Waals surface area (Å²) >= 11 is 0. The standard InChI is InChI=1S/C16H21NO5S/c1-17(13-8-3-4-9-14(13)23(2,21)22)15(18)11-6-5-7-12(10-11)16(19)20/h5-7,10,13-14H,3-4,8-9H2,1-2H3,(H,19,20). The van der Waals surface area contributed by atoms with Gasteiger partial charge in [0.25, 0.3) is 5.91 Å². The molecule has 1 amide bonds. The van der Waals surface area contributed by atoms with Crippen molar-refractivity contribution in [1.82, 2.24) is 4.90 Å². The predicted octanol–water partition coefficient (Wildman–Crippen LogP) is 1.81. The van der Waals surface area contributed by atoms with Crippen LogP contribution in [-0.2, 0) is 9.84 Å². The van der Waals surface area contributed by atoms with E-state index in [4.69, 9.17) is 5.11 Å². The number of amides is 1. The van der Waals surface area contributed by atoms with Crippen molar-refractivity contribution in [1.29, 1.82) is 0 Å². The molecule has 1 aliphatic rings. The van der Waals surface area contributed by atoms with E-state index >= 15 is 0 Å². The maximum Gasteiger partial charge on any atom is 0.335 e. The molecule has 1 saturated carbocycles. The third-order valence-electron chi connectivity index (χ3n) is 4.39. The third-order valence-corrected chi connectivity index (χ3v) is 6.04. The van der Waals surface area contributed by atoms with E-state index in [1.54, 1.807) is 13.1 Å². The largest absolute Gasteiger partial charge is 0.478 e. The Morgan fingerprint density at radius 2 is 1.78 bits per heavy atom. The molecule has 1 N–H and O–H groups in total. The summed E-state index contributed by atoms with van der Waals surface area (Å²) in [4.78, 5) is 25.1. The number of sulfone groups is 1. The SMILES string of the molecule is CN(C(=O)c1cccc(C(=O)O)c1)C1CCCCC1S(C)(=O)=O. The van der Waals surface area contributed by atoms with Gasteiger partial charge in [-0.25, -0.2) is 13.2 Å². The van der Waals surface area contributed by atoms with Crippen LogP contribution in [-0.4, -0.2) is 54.9 Å². The number of benzene rings is 1. The van der Waals surface area contributed by atoms with Crippen LogP contribution in [0.1, 0.15) is 46.4 Å².